The van der Waals surface area contributed by atoms with E-state index in [0.29, 0.717) is 19.7 Å². The summed E-state index contributed by atoms with van der Waals surface area (Å²) in [5.74, 6) is 0.784. The van der Waals surface area contributed by atoms with Crippen LogP contribution >= 0.6 is 0 Å². The van der Waals surface area contributed by atoms with Crippen molar-refractivity contribution in [2.45, 2.75) is 25.5 Å². The van der Waals surface area contributed by atoms with Crippen LogP contribution in [0.4, 0.5) is 0 Å². The van der Waals surface area contributed by atoms with Crippen LogP contribution in [0, 0.1) is 0 Å². The van der Waals surface area contributed by atoms with Gasteiger partial charge in [-0.1, -0.05) is 25.1 Å². The monoisotopic (exact) mass is 281 g/mol. The second kappa shape index (κ2) is 7.04. The predicted molar refractivity (Wildman–Crippen MR) is 75.8 cm³/mol. The van der Waals surface area contributed by atoms with Crippen LogP contribution in [0.2, 0.25) is 0 Å². The smallest absolute Gasteiger partial charge is 0.128 e. The Bertz CT molecular complexity index is 432. The molecule has 0 amide bonds. The lowest BCUT2D eigenvalue weighted by atomic mass is 9.94. The number of fused-ring (bicyclic) bond motifs is 1. The summed E-state index contributed by atoms with van der Waals surface area (Å²) >= 11 is 0. The molecule has 0 radical (unpaired) electrons. The summed E-state index contributed by atoms with van der Waals surface area (Å²) in [7, 11) is 0. The van der Waals surface area contributed by atoms with Gasteiger partial charge in [-0.25, -0.2) is 0 Å². The van der Waals surface area contributed by atoms with Gasteiger partial charge >= 0.3 is 0 Å². The van der Waals surface area contributed by atoms with Crippen molar-refractivity contribution in [3.8, 4) is 5.75 Å². The van der Waals surface area contributed by atoms with E-state index in [2.05, 4.69) is 6.92 Å². The van der Waals surface area contributed by atoms with Gasteiger partial charge in [-0.2, -0.15) is 0 Å². The molecule has 0 aliphatic carbocycles. The summed E-state index contributed by atoms with van der Waals surface area (Å²) in [6.45, 7) is 3.23. The number of ether oxygens (including phenoxy) is 1. The summed E-state index contributed by atoms with van der Waals surface area (Å²) in [6, 6.07) is 5.57. The molecule has 0 aromatic heterocycles. The van der Waals surface area contributed by atoms with Crippen molar-refractivity contribution in [1.29, 1.82) is 0 Å². The number of rotatable bonds is 6. The maximum absolute atomic E-state index is 10.6. The third-order valence-electron chi connectivity index (χ3n) is 3.83. The van der Waals surface area contributed by atoms with Crippen molar-refractivity contribution in [2.75, 3.05) is 32.9 Å². The van der Waals surface area contributed by atoms with E-state index in [0.717, 1.165) is 23.3 Å². The second-order valence-electron chi connectivity index (χ2n) is 5.00. The van der Waals surface area contributed by atoms with E-state index >= 15 is 0 Å². The van der Waals surface area contributed by atoms with E-state index in [1.54, 1.807) is 0 Å². The van der Waals surface area contributed by atoms with Crippen LogP contribution in [-0.2, 0) is 6.42 Å². The molecule has 1 aliphatic rings. The lowest BCUT2D eigenvalue weighted by Gasteiger charge is -2.38. The first-order valence-corrected chi connectivity index (χ1v) is 7.11. The molecule has 1 heterocycles. The molecule has 0 saturated heterocycles. The quantitative estimate of drug-likeness (QED) is 0.701. The highest BCUT2D eigenvalue weighted by Gasteiger charge is 2.34. The first kappa shape index (κ1) is 15.3. The summed E-state index contributed by atoms with van der Waals surface area (Å²) < 4.78 is 5.84. The van der Waals surface area contributed by atoms with Crippen molar-refractivity contribution in [3.63, 3.8) is 0 Å². The predicted octanol–water partition coefficient (Wildman–Crippen LogP) is 0.330. The largest absolute Gasteiger partial charge is 0.491 e. The van der Waals surface area contributed by atoms with Gasteiger partial charge in [-0.3, -0.25) is 4.90 Å². The van der Waals surface area contributed by atoms with E-state index in [9.17, 15) is 5.11 Å². The summed E-state index contributed by atoms with van der Waals surface area (Å²) in [4.78, 5) is 1.87. The Morgan fingerprint density at radius 1 is 1.25 bits per heavy atom. The number of aliphatic hydroxyl groups is 3. The maximum Gasteiger partial charge on any atom is 0.128 e. The second-order valence-corrected chi connectivity index (χ2v) is 5.00. The fourth-order valence-electron chi connectivity index (χ4n) is 2.76. The van der Waals surface area contributed by atoms with Crippen LogP contribution in [-0.4, -0.2) is 59.2 Å². The molecule has 0 spiro atoms. The Kier molecular flexibility index (Phi) is 5.37. The summed E-state index contributed by atoms with van der Waals surface area (Å²) in [6.07, 6.45) is 0.195. The average molecular weight is 281 g/mol. The van der Waals surface area contributed by atoms with Crippen LogP contribution in [0.5, 0.6) is 5.75 Å². The van der Waals surface area contributed by atoms with Gasteiger partial charge in [0.1, 0.15) is 18.5 Å². The number of hydrogen-bond donors (Lipinski definition) is 3. The van der Waals surface area contributed by atoms with Crippen LogP contribution in [0.3, 0.4) is 0 Å². The number of hydrogen-bond acceptors (Lipinski definition) is 5. The first-order valence-electron chi connectivity index (χ1n) is 7.11. The van der Waals surface area contributed by atoms with Gasteiger partial charge in [0.2, 0.25) is 0 Å². The van der Waals surface area contributed by atoms with Gasteiger partial charge in [-0.05, 0) is 12.0 Å². The van der Waals surface area contributed by atoms with Gasteiger partial charge in [0.15, 0.2) is 0 Å². The van der Waals surface area contributed by atoms with Crippen molar-refractivity contribution in [3.05, 3.63) is 29.3 Å². The lowest BCUT2D eigenvalue weighted by Crippen LogP contribution is -2.48. The Hall–Kier alpha value is -1.14. The molecule has 2 rings (SSSR count). The van der Waals surface area contributed by atoms with Crippen LogP contribution in [0.15, 0.2) is 18.2 Å². The SMILES string of the molecule is CCc1cccc2c1OCC(N(CCO)CCO)C2O. The molecule has 0 fully saturated rings. The molecule has 5 heteroatoms. The van der Waals surface area contributed by atoms with Crippen LogP contribution < -0.4 is 4.74 Å². The molecule has 2 unspecified atom stereocenters. The molecule has 112 valence electrons. The van der Waals surface area contributed by atoms with Crippen LogP contribution in [0.1, 0.15) is 24.2 Å². The number of aryl methyl sites for hydroxylation is 1. The first-order chi connectivity index (χ1) is 9.72. The van der Waals surface area contributed by atoms with Crippen molar-refractivity contribution < 1.29 is 20.1 Å². The van der Waals surface area contributed by atoms with Gasteiger partial charge < -0.3 is 20.1 Å². The fourth-order valence-corrected chi connectivity index (χ4v) is 2.76. The summed E-state index contributed by atoms with van der Waals surface area (Å²) in [5, 5.41) is 28.8. The minimum absolute atomic E-state index is 0.00885. The highest BCUT2D eigenvalue weighted by atomic mass is 16.5. The van der Waals surface area contributed by atoms with Gasteiger partial charge in [-0.15, -0.1) is 0 Å². The van der Waals surface area contributed by atoms with E-state index in [1.165, 1.54) is 0 Å². The Morgan fingerprint density at radius 3 is 2.55 bits per heavy atom. The van der Waals surface area contributed by atoms with E-state index in [4.69, 9.17) is 14.9 Å². The average Bonchev–Trinajstić information content (AvgIpc) is 2.47. The normalized spacial score (nSPS) is 21.6. The molecule has 1 aliphatic heterocycles. The third-order valence-corrected chi connectivity index (χ3v) is 3.83. The van der Waals surface area contributed by atoms with E-state index < -0.39 is 6.10 Å². The molecular formula is C15H23NO4. The van der Waals surface area contributed by atoms with Crippen LogP contribution in [0.25, 0.3) is 0 Å². The number of aliphatic hydroxyl groups excluding tert-OH is 3. The minimum atomic E-state index is -0.664. The van der Waals surface area contributed by atoms with E-state index in [1.807, 2.05) is 23.1 Å². The molecule has 1 aromatic carbocycles. The maximum atomic E-state index is 10.6. The van der Waals surface area contributed by atoms with Crippen molar-refractivity contribution in [2.24, 2.45) is 0 Å². The Morgan fingerprint density at radius 2 is 1.95 bits per heavy atom. The molecule has 1 aromatic rings. The van der Waals surface area contributed by atoms with Gasteiger partial charge in [0.05, 0.1) is 19.3 Å². The van der Waals surface area contributed by atoms with Gasteiger partial charge in [0.25, 0.3) is 0 Å². The topological polar surface area (TPSA) is 73.2 Å². The molecule has 3 N–H and O–H groups in total. The Balaban J connectivity index is 2.24. The third kappa shape index (κ3) is 2.96. The minimum Gasteiger partial charge on any atom is -0.491 e. The zero-order valence-corrected chi connectivity index (χ0v) is 11.8. The fraction of sp³-hybridized carbons (Fsp3) is 0.600. The molecule has 20 heavy (non-hydrogen) atoms. The van der Waals surface area contributed by atoms with E-state index in [-0.39, 0.29) is 19.3 Å². The van der Waals surface area contributed by atoms with Crippen molar-refractivity contribution in [1.82, 2.24) is 4.90 Å². The zero-order valence-electron chi connectivity index (χ0n) is 11.8. The molecule has 0 saturated carbocycles. The zero-order chi connectivity index (χ0) is 14.5. The number of nitrogens with zero attached hydrogens (tertiary/aromatic N) is 1. The lowest BCUT2D eigenvalue weighted by molar-refractivity contribution is -0.00896. The highest BCUT2D eigenvalue weighted by molar-refractivity contribution is 5.44. The molecular weight excluding hydrogens is 258 g/mol. The number of para-hydroxylation sites is 1. The Labute approximate surface area is 119 Å². The molecule has 5 nitrogen and oxygen atoms in total. The van der Waals surface area contributed by atoms with Gasteiger partial charge in [0, 0.05) is 18.7 Å². The van der Waals surface area contributed by atoms with Crippen molar-refractivity contribution >= 4 is 0 Å². The highest BCUT2D eigenvalue weighted by Crippen LogP contribution is 2.36. The summed E-state index contributed by atoms with van der Waals surface area (Å²) in [5.41, 5.74) is 1.89. The number of benzene rings is 1. The molecule has 0 bridgehead atoms. The standard InChI is InChI=1S/C15H23NO4/c1-2-11-4-3-5-12-14(19)13(10-20-15(11)12)16(6-8-17)7-9-18/h3-5,13-14,17-19H,2,6-10H2,1H3. The molecule has 2 atom stereocenters.